The molecule has 3 aromatic carbocycles. The number of ether oxygens (including phenoxy) is 2. The highest BCUT2D eigenvalue weighted by molar-refractivity contribution is 9.10. The number of aromatic hydroxyl groups is 1. The molecule has 0 heterocycles. The second kappa shape index (κ2) is 11.7. The Kier molecular flexibility index (Phi) is 8.74. The Labute approximate surface area is 198 Å². The van der Waals surface area contributed by atoms with Crippen LogP contribution in [-0.4, -0.2) is 17.2 Å². The number of benzene rings is 3. The number of carbonyl (C=O) groups is 1. The molecule has 32 heavy (non-hydrogen) atoms. The van der Waals surface area contributed by atoms with Crippen molar-refractivity contribution in [3.63, 3.8) is 0 Å². The molecule has 0 aliphatic carbocycles. The van der Waals surface area contributed by atoms with Crippen molar-refractivity contribution in [2.24, 2.45) is 0 Å². The van der Waals surface area contributed by atoms with Crippen molar-refractivity contribution in [2.45, 2.75) is 52.1 Å². The van der Waals surface area contributed by atoms with Crippen LogP contribution in [0.1, 0.15) is 56.3 Å². The molecule has 0 bridgehead atoms. The van der Waals surface area contributed by atoms with Crippen LogP contribution in [-0.2, 0) is 0 Å². The van der Waals surface area contributed by atoms with Gasteiger partial charge in [-0.3, -0.25) is 0 Å². The summed E-state index contributed by atoms with van der Waals surface area (Å²) in [5.74, 6) is 0.989. The number of phenols is 1. The maximum absolute atomic E-state index is 12.6. The zero-order chi connectivity index (χ0) is 22.9. The van der Waals surface area contributed by atoms with Crippen LogP contribution in [0.4, 0.5) is 0 Å². The SMILES string of the molecule is CCCCCCC(C)Oc1ccc(C(=O)Oc2ccc(-c3ccc(O)cc3)cc2)cc1Br. The first kappa shape index (κ1) is 23.9. The summed E-state index contributed by atoms with van der Waals surface area (Å²) in [5, 5.41) is 9.42. The van der Waals surface area contributed by atoms with Crippen LogP contribution in [0.25, 0.3) is 11.1 Å². The standard InChI is InChI=1S/C27H29BrO4/c1-3-4-5-6-7-19(2)31-26-17-12-22(18-25(26)28)27(30)32-24-15-10-21(11-16-24)20-8-13-23(29)14-9-20/h8-19,29H,3-7H2,1-2H3. The maximum atomic E-state index is 12.6. The normalized spacial score (nSPS) is 11.7. The van der Waals surface area contributed by atoms with Gasteiger partial charge in [0.2, 0.25) is 0 Å². The van der Waals surface area contributed by atoms with E-state index in [-0.39, 0.29) is 11.9 Å². The van der Waals surface area contributed by atoms with Gasteiger partial charge in [0.1, 0.15) is 17.2 Å². The van der Waals surface area contributed by atoms with Gasteiger partial charge in [-0.1, -0.05) is 50.5 Å². The average molecular weight is 497 g/mol. The van der Waals surface area contributed by atoms with Crippen molar-refractivity contribution in [1.82, 2.24) is 0 Å². The molecule has 0 aliphatic rings. The molecule has 0 aliphatic heterocycles. The zero-order valence-corrected chi connectivity index (χ0v) is 20.1. The highest BCUT2D eigenvalue weighted by Crippen LogP contribution is 2.29. The summed E-state index contributed by atoms with van der Waals surface area (Å²) >= 11 is 3.51. The molecule has 5 heteroatoms. The van der Waals surface area contributed by atoms with Gasteiger partial charge in [-0.15, -0.1) is 0 Å². The lowest BCUT2D eigenvalue weighted by atomic mass is 10.1. The van der Waals surface area contributed by atoms with E-state index in [0.29, 0.717) is 11.3 Å². The van der Waals surface area contributed by atoms with Crippen molar-refractivity contribution < 1.29 is 19.4 Å². The molecular weight excluding hydrogens is 468 g/mol. The molecule has 0 saturated heterocycles. The summed E-state index contributed by atoms with van der Waals surface area (Å²) < 4.78 is 12.3. The molecule has 1 N–H and O–H groups in total. The third-order valence-corrected chi connectivity index (χ3v) is 5.85. The summed E-state index contributed by atoms with van der Waals surface area (Å²) in [4.78, 5) is 12.6. The van der Waals surface area contributed by atoms with Crippen molar-refractivity contribution in [3.05, 3.63) is 76.8 Å². The predicted molar refractivity (Wildman–Crippen MR) is 131 cm³/mol. The summed E-state index contributed by atoms with van der Waals surface area (Å²) in [6.45, 7) is 4.28. The van der Waals surface area contributed by atoms with Crippen molar-refractivity contribution in [1.29, 1.82) is 0 Å². The second-order valence-corrected chi connectivity index (χ2v) is 8.74. The summed E-state index contributed by atoms with van der Waals surface area (Å²) in [5.41, 5.74) is 2.39. The third-order valence-electron chi connectivity index (χ3n) is 5.23. The largest absolute Gasteiger partial charge is 0.508 e. The number of rotatable bonds is 10. The van der Waals surface area contributed by atoms with E-state index in [9.17, 15) is 9.90 Å². The van der Waals surface area contributed by atoms with Gasteiger partial charge >= 0.3 is 5.97 Å². The first-order chi connectivity index (χ1) is 15.5. The Morgan fingerprint density at radius 2 is 1.59 bits per heavy atom. The molecule has 0 radical (unpaired) electrons. The second-order valence-electron chi connectivity index (χ2n) is 7.88. The lowest BCUT2D eigenvalue weighted by Gasteiger charge is -2.16. The van der Waals surface area contributed by atoms with Crippen LogP contribution in [0.15, 0.2) is 71.2 Å². The van der Waals surface area contributed by atoms with Crippen molar-refractivity contribution in [2.75, 3.05) is 0 Å². The number of halogens is 1. The van der Waals surface area contributed by atoms with Crippen LogP contribution in [0.3, 0.4) is 0 Å². The van der Waals surface area contributed by atoms with Gasteiger partial charge in [-0.2, -0.15) is 0 Å². The molecule has 0 spiro atoms. The lowest BCUT2D eigenvalue weighted by Crippen LogP contribution is -2.13. The molecular formula is C27H29BrO4. The molecule has 0 amide bonds. The Bertz CT molecular complexity index is 1010. The highest BCUT2D eigenvalue weighted by atomic mass is 79.9. The predicted octanol–water partition coefficient (Wildman–Crippen LogP) is 7.78. The maximum Gasteiger partial charge on any atom is 0.343 e. The van der Waals surface area contributed by atoms with Gasteiger partial charge in [0.25, 0.3) is 0 Å². The zero-order valence-electron chi connectivity index (χ0n) is 18.5. The van der Waals surface area contributed by atoms with Crippen molar-refractivity contribution in [3.8, 4) is 28.4 Å². The van der Waals surface area contributed by atoms with Crippen LogP contribution >= 0.6 is 15.9 Å². The van der Waals surface area contributed by atoms with Gasteiger partial charge in [-0.05, 0) is 89.3 Å². The van der Waals surface area contributed by atoms with E-state index in [1.807, 2.05) is 24.3 Å². The van der Waals surface area contributed by atoms with Crippen LogP contribution < -0.4 is 9.47 Å². The van der Waals surface area contributed by atoms with Gasteiger partial charge in [0.05, 0.1) is 16.1 Å². The molecule has 0 saturated carbocycles. The van der Waals surface area contributed by atoms with Crippen LogP contribution in [0, 0.1) is 0 Å². The molecule has 1 unspecified atom stereocenters. The van der Waals surface area contributed by atoms with Gasteiger partial charge in [-0.25, -0.2) is 4.79 Å². The Hall–Kier alpha value is -2.79. The third kappa shape index (κ3) is 6.86. The van der Waals surface area contributed by atoms with E-state index >= 15 is 0 Å². The van der Waals surface area contributed by atoms with E-state index in [0.717, 1.165) is 34.2 Å². The van der Waals surface area contributed by atoms with E-state index in [2.05, 4.69) is 29.8 Å². The Morgan fingerprint density at radius 1 is 0.938 bits per heavy atom. The first-order valence-electron chi connectivity index (χ1n) is 11.0. The molecule has 0 aromatic heterocycles. The molecule has 4 nitrogen and oxygen atoms in total. The van der Waals surface area contributed by atoms with Gasteiger partial charge in [0, 0.05) is 0 Å². The first-order valence-corrected chi connectivity index (χ1v) is 11.8. The monoisotopic (exact) mass is 496 g/mol. The molecule has 3 aromatic rings. The fourth-order valence-electron chi connectivity index (χ4n) is 3.39. The quantitative estimate of drug-likeness (QED) is 0.177. The van der Waals surface area contributed by atoms with E-state index < -0.39 is 5.97 Å². The van der Waals surface area contributed by atoms with Crippen LogP contribution in [0.2, 0.25) is 0 Å². The summed E-state index contributed by atoms with van der Waals surface area (Å²) in [6.07, 6.45) is 5.99. The van der Waals surface area contributed by atoms with Crippen LogP contribution in [0.5, 0.6) is 17.2 Å². The minimum atomic E-state index is -0.428. The fraction of sp³-hybridized carbons (Fsp3) is 0.296. The lowest BCUT2D eigenvalue weighted by molar-refractivity contribution is 0.0734. The van der Waals surface area contributed by atoms with E-state index in [1.54, 1.807) is 42.5 Å². The number of carbonyl (C=O) groups excluding carboxylic acids is 1. The average Bonchev–Trinajstić information content (AvgIpc) is 2.79. The van der Waals surface area contributed by atoms with Gasteiger partial charge in [0.15, 0.2) is 0 Å². The van der Waals surface area contributed by atoms with E-state index in [4.69, 9.17) is 9.47 Å². The molecule has 0 fully saturated rings. The molecule has 168 valence electrons. The fourth-order valence-corrected chi connectivity index (χ4v) is 3.87. The Balaban J connectivity index is 1.58. The number of unbranched alkanes of at least 4 members (excludes halogenated alkanes) is 3. The highest BCUT2D eigenvalue weighted by Gasteiger charge is 2.13. The summed E-state index contributed by atoms with van der Waals surface area (Å²) in [7, 11) is 0. The minimum absolute atomic E-state index is 0.119. The Morgan fingerprint density at radius 3 is 2.22 bits per heavy atom. The number of hydrogen-bond donors (Lipinski definition) is 1. The number of phenolic OH excluding ortho intramolecular Hbond substituents is 1. The number of hydrogen-bond acceptors (Lipinski definition) is 4. The minimum Gasteiger partial charge on any atom is -0.508 e. The van der Waals surface area contributed by atoms with E-state index in [1.165, 1.54) is 19.3 Å². The number of esters is 1. The molecule has 1 atom stereocenters. The van der Waals surface area contributed by atoms with Gasteiger partial charge < -0.3 is 14.6 Å². The smallest absolute Gasteiger partial charge is 0.343 e. The van der Waals surface area contributed by atoms with Crippen molar-refractivity contribution >= 4 is 21.9 Å². The summed E-state index contributed by atoms with van der Waals surface area (Å²) in [6, 6.07) is 19.5. The molecule has 3 rings (SSSR count). The topological polar surface area (TPSA) is 55.8 Å².